The summed E-state index contributed by atoms with van der Waals surface area (Å²) in [5, 5.41) is 1.95. The summed E-state index contributed by atoms with van der Waals surface area (Å²) in [4.78, 5) is 13.4. The maximum atomic E-state index is 12.3. The van der Waals surface area contributed by atoms with Crippen LogP contribution < -0.4 is 0 Å². The van der Waals surface area contributed by atoms with Crippen molar-refractivity contribution in [3.05, 3.63) is 53.7 Å². The minimum absolute atomic E-state index is 0.101. The van der Waals surface area contributed by atoms with Gasteiger partial charge in [-0.1, -0.05) is 15.9 Å². The molecular weight excluding hydrogens is 399 g/mol. The molecule has 4 heteroatoms. The number of aryl methyl sites for hydroxylation is 1. The molecule has 0 saturated heterocycles. The lowest BCUT2D eigenvalue weighted by Crippen LogP contribution is -2.03. The van der Waals surface area contributed by atoms with Crippen LogP contribution in [0.4, 0.5) is 0 Å². The number of benzene rings is 1. The van der Waals surface area contributed by atoms with Crippen LogP contribution in [-0.4, -0.2) is 5.78 Å². The van der Waals surface area contributed by atoms with Crippen LogP contribution in [0.25, 0.3) is 0 Å². The van der Waals surface area contributed by atoms with Crippen LogP contribution in [-0.2, 0) is 0 Å². The van der Waals surface area contributed by atoms with Crippen LogP contribution in [0.5, 0.6) is 0 Å². The molecule has 0 radical (unpaired) electrons. The molecule has 1 aromatic carbocycles. The van der Waals surface area contributed by atoms with Gasteiger partial charge in [-0.25, -0.2) is 0 Å². The molecule has 0 N–H and O–H groups in total. The molecule has 0 unspecified atom stereocenters. The number of rotatable bonds is 2. The predicted octanol–water partition coefficient (Wildman–Crippen LogP) is 4.65. The summed E-state index contributed by atoms with van der Waals surface area (Å²) >= 11 is 7.19. The standard InChI is InChI=1S/C12H8BrIOS/c1-7-9(4-5-16-7)12(15)10-6-8(13)2-3-11(10)14/h2-6H,1H3. The third kappa shape index (κ3) is 2.38. The topological polar surface area (TPSA) is 17.1 Å². The average molecular weight is 407 g/mol. The lowest BCUT2D eigenvalue weighted by atomic mass is 10.0. The number of carbonyl (C=O) groups excluding carboxylic acids is 1. The summed E-state index contributed by atoms with van der Waals surface area (Å²) in [6.07, 6.45) is 0. The van der Waals surface area contributed by atoms with E-state index in [1.807, 2.05) is 36.6 Å². The number of hydrogen-bond donors (Lipinski definition) is 0. The van der Waals surface area contributed by atoms with E-state index in [0.717, 1.165) is 24.0 Å². The largest absolute Gasteiger partial charge is 0.289 e. The lowest BCUT2D eigenvalue weighted by molar-refractivity contribution is 0.103. The molecular formula is C12H8BrIOS. The van der Waals surface area contributed by atoms with E-state index in [4.69, 9.17) is 0 Å². The molecule has 0 bridgehead atoms. The van der Waals surface area contributed by atoms with Gasteiger partial charge in [0.05, 0.1) is 0 Å². The van der Waals surface area contributed by atoms with Crippen molar-refractivity contribution in [1.82, 2.24) is 0 Å². The van der Waals surface area contributed by atoms with E-state index >= 15 is 0 Å². The summed E-state index contributed by atoms with van der Waals surface area (Å²) in [6, 6.07) is 7.65. The van der Waals surface area contributed by atoms with Crippen molar-refractivity contribution in [2.45, 2.75) is 6.92 Å². The van der Waals surface area contributed by atoms with Gasteiger partial charge in [0, 0.05) is 24.0 Å². The Morgan fingerprint density at radius 1 is 1.31 bits per heavy atom. The summed E-state index contributed by atoms with van der Waals surface area (Å²) in [5.41, 5.74) is 1.57. The molecule has 1 aromatic heterocycles. The molecule has 0 atom stereocenters. The first kappa shape index (κ1) is 12.3. The Morgan fingerprint density at radius 3 is 2.69 bits per heavy atom. The van der Waals surface area contributed by atoms with Crippen molar-refractivity contribution >= 4 is 55.6 Å². The SMILES string of the molecule is Cc1sccc1C(=O)c1cc(Br)ccc1I. The number of ketones is 1. The molecule has 0 amide bonds. The maximum Gasteiger partial charge on any atom is 0.195 e. The molecule has 1 nitrogen and oxygen atoms in total. The van der Waals surface area contributed by atoms with Gasteiger partial charge in [0.1, 0.15) is 0 Å². The highest BCUT2D eigenvalue weighted by molar-refractivity contribution is 14.1. The molecule has 0 aliphatic heterocycles. The zero-order valence-corrected chi connectivity index (χ0v) is 13.0. The number of thiophene rings is 1. The van der Waals surface area contributed by atoms with Crippen molar-refractivity contribution < 1.29 is 4.79 Å². The van der Waals surface area contributed by atoms with E-state index in [-0.39, 0.29) is 5.78 Å². The van der Waals surface area contributed by atoms with Gasteiger partial charge in [-0.15, -0.1) is 11.3 Å². The quantitative estimate of drug-likeness (QED) is 0.523. The van der Waals surface area contributed by atoms with Gasteiger partial charge in [0.15, 0.2) is 5.78 Å². The summed E-state index contributed by atoms with van der Waals surface area (Å²) in [6.45, 7) is 1.97. The third-order valence-electron chi connectivity index (χ3n) is 2.28. The van der Waals surface area contributed by atoms with Gasteiger partial charge in [-0.05, 0) is 59.2 Å². The van der Waals surface area contributed by atoms with Gasteiger partial charge in [0.25, 0.3) is 0 Å². The summed E-state index contributed by atoms with van der Waals surface area (Å²) < 4.78 is 1.92. The van der Waals surface area contributed by atoms with E-state index in [9.17, 15) is 4.79 Å². The van der Waals surface area contributed by atoms with Crippen LogP contribution in [0.1, 0.15) is 20.8 Å². The van der Waals surface area contributed by atoms with Gasteiger partial charge in [-0.2, -0.15) is 0 Å². The number of halogens is 2. The van der Waals surface area contributed by atoms with Gasteiger partial charge >= 0.3 is 0 Å². The normalized spacial score (nSPS) is 10.4. The van der Waals surface area contributed by atoms with E-state index < -0.39 is 0 Å². The fourth-order valence-electron chi connectivity index (χ4n) is 1.44. The monoisotopic (exact) mass is 406 g/mol. The fraction of sp³-hybridized carbons (Fsp3) is 0.0833. The van der Waals surface area contributed by atoms with E-state index in [1.54, 1.807) is 11.3 Å². The highest BCUT2D eigenvalue weighted by Crippen LogP contribution is 2.24. The first-order valence-electron chi connectivity index (χ1n) is 4.63. The van der Waals surface area contributed by atoms with Crippen molar-refractivity contribution in [3.8, 4) is 0 Å². The fourth-order valence-corrected chi connectivity index (χ4v) is 3.07. The number of carbonyl (C=O) groups is 1. The second kappa shape index (κ2) is 4.98. The third-order valence-corrected chi connectivity index (χ3v) is 4.56. The van der Waals surface area contributed by atoms with Gasteiger partial charge in [0.2, 0.25) is 0 Å². The number of hydrogen-bond acceptors (Lipinski definition) is 2. The van der Waals surface area contributed by atoms with Crippen molar-refractivity contribution in [2.24, 2.45) is 0 Å². The van der Waals surface area contributed by atoms with Crippen molar-refractivity contribution in [2.75, 3.05) is 0 Å². The summed E-state index contributed by atoms with van der Waals surface area (Å²) in [7, 11) is 0. The smallest absolute Gasteiger partial charge is 0.195 e. The Kier molecular flexibility index (Phi) is 3.81. The molecule has 2 rings (SSSR count). The molecule has 2 aromatic rings. The molecule has 16 heavy (non-hydrogen) atoms. The Hall–Kier alpha value is -0.200. The van der Waals surface area contributed by atoms with Crippen molar-refractivity contribution in [3.63, 3.8) is 0 Å². The van der Waals surface area contributed by atoms with Gasteiger partial charge in [-0.3, -0.25) is 4.79 Å². The van der Waals surface area contributed by atoms with Crippen molar-refractivity contribution in [1.29, 1.82) is 0 Å². The van der Waals surface area contributed by atoms with Crippen LogP contribution in [0.2, 0.25) is 0 Å². The molecule has 0 aliphatic rings. The molecule has 82 valence electrons. The molecule has 0 spiro atoms. The minimum Gasteiger partial charge on any atom is -0.289 e. The second-order valence-corrected chi connectivity index (χ2v) is 6.54. The Labute approximate surface area is 120 Å². The minimum atomic E-state index is 0.101. The van der Waals surface area contributed by atoms with Crippen LogP contribution >= 0.6 is 49.9 Å². The van der Waals surface area contributed by atoms with Crippen LogP contribution in [0.15, 0.2) is 34.1 Å². The zero-order chi connectivity index (χ0) is 11.7. The van der Waals surface area contributed by atoms with E-state index in [2.05, 4.69) is 38.5 Å². The second-order valence-electron chi connectivity index (χ2n) is 3.34. The first-order valence-corrected chi connectivity index (χ1v) is 7.38. The lowest BCUT2D eigenvalue weighted by Gasteiger charge is -2.04. The van der Waals surface area contributed by atoms with Crippen LogP contribution in [0.3, 0.4) is 0 Å². The van der Waals surface area contributed by atoms with Crippen LogP contribution in [0, 0.1) is 10.5 Å². The highest BCUT2D eigenvalue weighted by atomic mass is 127. The van der Waals surface area contributed by atoms with E-state index in [0.29, 0.717) is 0 Å². The Bertz CT molecular complexity index is 548. The average Bonchev–Trinajstić information content (AvgIpc) is 2.67. The Balaban J connectivity index is 2.49. The summed E-state index contributed by atoms with van der Waals surface area (Å²) in [5.74, 6) is 0.101. The molecule has 0 fully saturated rings. The zero-order valence-electron chi connectivity index (χ0n) is 8.46. The van der Waals surface area contributed by atoms with E-state index in [1.165, 1.54) is 0 Å². The maximum absolute atomic E-state index is 12.3. The molecule has 0 saturated carbocycles. The predicted molar refractivity (Wildman–Crippen MR) is 79.3 cm³/mol. The highest BCUT2D eigenvalue weighted by Gasteiger charge is 2.15. The molecule has 1 heterocycles. The first-order chi connectivity index (χ1) is 7.59. The Morgan fingerprint density at radius 2 is 2.06 bits per heavy atom. The molecule has 0 aliphatic carbocycles. The van der Waals surface area contributed by atoms with Gasteiger partial charge < -0.3 is 0 Å².